The molecule has 1 rings (SSSR count). The van der Waals surface area contributed by atoms with Crippen LogP contribution in [-0.2, 0) is 20.9 Å². The van der Waals surface area contributed by atoms with Gasteiger partial charge in [-0.05, 0) is 18.4 Å². The van der Waals surface area contributed by atoms with Crippen LogP contribution >= 0.6 is 0 Å². The Balaban J connectivity index is 2.07. The zero-order valence-electron chi connectivity index (χ0n) is 13.4. The number of hydrogen-bond acceptors (Lipinski definition) is 4. The van der Waals surface area contributed by atoms with Crippen LogP contribution in [0.4, 0.5) is 4.79 Å². The number of amides is 1. The molecule has 0 unspecified atom stereocenters. The highest BCUT2D eigenvalue weighted by Crippen LogP contribution is 2.06. The molecule has 0 saturated heterocycles. The van der Waals surface area contributed by atoms with Crippen LogP contribution in [0.5, 0.6) is 0 Å². The molecule has 0 aliphatic heterocycles. The van der Waals surface area contributed by atoms with Crippen LogP contribution in [0.2, 0.25) is 0 Å². The van der Waals surface area contributed by atoms with E-state index in [0.29, 0.717) is 19.6 Å². The third-order valence-electron chi connectivity index (χ3n) is 3.37. The molecule has 0 atom stereocenters. The van der Waals surface area contributed by atoms with Crippen molar-refractivity contribution in [3.63, 3.8) is 0 Å². The molecular formula is C17H25NO4. The Labute approximate surface area is 132 Å². The lowest BCUT2D eigenvalue weighted by Gasteiger charge is -2.16. The quantitative estimate of drug-likeness (QED) is 0.518. The highest BCUT2D eigenvalue weighted by atomic mass is 16.6. The van der Waals surface area contributed by atoms with Crippen molar-refractivity contribution >= 4 is 12.1 Å². The predicted octanol–water partition coefficient (Wildman–Crippen LogP) is 3.38. The first-order valence-electron chi connectivity index (χ1n) is 7.62. The molecule has 5 nitrogen and oxygen atoms in total. The average molecular weight is 307 g/mol. The topological polar surface area (TPSA) is 55.8 Å². The van der Waals surface area contributed by atoms with Crippen LogP contribution in [0.3, 0.4) is 0 Å². The van der Waals surface area contributed by atoms with Crippen LogP contribution in [0.15, 0.2) is 30.3 Å². The summed E-state index contributed by atoms with van der Waals surface area (Å²) in [7, 11) is 3.14. The van der Waals surface area contributed by atoms with Gasteiger partial charge in [0.05, 0.1) is 7.11 Å². The molecular weight excluding hydrogens is 282 g/mol. The van der Waals surface area contributed by atoms with Gasteiger partial charge >= 0.3 is 12.1 Å². The first-order chi connectivity index (χ1) is 10.6. The number of esters is 1. The maximum Gasteiger partial charge on any atom is 0.409 e. The molecule has 1 amide bonds. The maximum absolute atomic E-state index is 11.8. The summed E-state index contributed by atoms with van der Waals surface area (Å²) in [5.41, 5.74) is 0.979. The molecule has 0 saturated carbocycles. The van der Waals surface area contributed by atoms with Gasteiger partial charge < -0.3 is 14.4 Å². The highest BCUT2D eigenvalue weighted by molar-refractivity contribution is 5.69. The van der Waals surface area contributed by atoms with E-state index in [1.165, 1.54) is 7.11 Å². The predicted molar refractivity (Wildman–Crippen MR) is 84.4 cm³/mol. The van der Waals surface area contributed by atoms with E-state index in [0.717, 1.165) is 31.2 Å². The number of unbranched alkanes of at least 4 members (excludes halogenated alkanes) is 3. The van der Waals surface area contributed by atoms with Gasteiger partial charge in [0.2, 0.25) is 0 Å². The summed E-state index contributed by atoms with van der Waals surface area (Å²) in [5, 5.41) is 0. The van der Waals surface area contributed by atoms with Crippen LogP contribution in [0, 0.1) is 0 Å². The van der Waals surface area contributed by atoms with Crippen LogP contribution in [0.1, 0.15) is 37.7 Å². The second-order valence-electron chi connectivity index (χ2n) is 5.20. The molecule has 0 heterocycles. The Hall–Kier alpha value is -2.04. The molecule has 0 bridgehead atoms. The minimum Gasteiger partial charge on any atom is -0.469 e. The van der Waals surface area contributed by atoms with Crippen LogP contribution in [0.25, 0.3) is 0 Å². The summed E-state index contributed by atoms with van der Waals surface area (Å²) in [5.74, 6) is -0.165. The number of benzene rings is 1. The molecule has 22 heavy (non-hydrogen) atoms. The van der Waals surface area contributed by atoms with Gasteiger partial charge in [0.1, 0.15) is 6.61 Å². The third kappa shape index (κ3) is 7.67. The fraction of sp³-hybridized carbons (Fsp3) is 0.529. The Morgan fingerprint density at radius 3 is 2.41 bits per heavy atom. The SMILES string of the molecule is COC(=O)CCCCCCN(C)C(=O)OCc1ccccc1. The summed E-state index contributed by atoms with van der Waals surface area (Å²) in [6.07, 6.45) is 3.83. The van der Waals surface area contributed by atoms with Crippen molar-refractivity contribution in [1.82, 2.24) is 4.90 Å². The summed E-state index contributed by atoms with van der Waals surface area (Å²) in [6, 6.07) is 9.61. The number of carbonyl (C=O) groups excluding carboxylic acids is 2. The highest BCUT2D eigenvalue weighted by Gasteiger charge is 2.09. The van der Waals surface area contributed by atoms with Gasteiger partial charge in [0.15, 0.2) is 0 Å². The number of nitrogens with zero attached hydrogens (tertiary/aromatic N) is 1. The smallest absolute Gasteiger partial charge is 0.409 e. The Morgan fingerprint density at radius 2 is 1.73 bits per heavy atom. The molecule has 0 aliphatic rings. The second kappa shape index (κ2) is 10.7. The molecule has 0 spiro atoms. The summed E-state index contributed by atoms with van der Waals surface area (Å²) < 4.78 is 9.82. The molecule has 0 N–H and O–H groups in total. The van der Waals surface area contributed by atoms with Gasteiger partial charge in [-0.15, -0.1) is 0 Å². The minimum absolute atomic E-state index is 0.165. The second-order valence-corrected chi connectivity index (χ2v) is 5.20. The first-order valence-corrected chi connectivity index (χ1v) is 7.62. The van der Waals surface area contributed by atoms with Gasteiger partial charge in [0.25, 0.3) is 0 Å². The molecule has 1 aromatic carbocycles. The molecule has 0 aliphatic carbocycles. The number of methoxy groups -OCH3 is 1. The Kier molecular flexibility index (Phi) is 8.72. The largest absolute Gasteiger partial charge is 0.469 e. The van der Waals surface area contributed by atoms with Crippen molar-refractivity contribution in [1.29, 1.82) is 0 Å². The number of carbonyl (C=O) groups is 2. The van der Waals surface area contributed by atoms with E-state index in [9.17, 15) is 9.59 Å². The zero-order valence-corrected chi connectivity index (χ0v) is 13.4. The number of ether oxygens (including phenoxy) is 2. The van der Waals surface area contributed by atoms with E-state index < -0.39 is 0 Å². The van der Waals surface area contributed by atoms with Gasteiger partial charge in [0, 0.05) is 20.0 Å². The van der Waals surface area contributed by atoms with Gasteiger partial charge in [-0.1, -0.05) is 43.2 Å². The lowest BCUT2D eigenvalue weighted by atomic mass is 10.1. The third-order valence-corrected chi connectivity index (χ3v) is 3.37. The molecule has 5 heteroatoms. The van der Waals surface area contributed by atoms with Crippen molar-refractivity contribution in [2.24, 2.45) is 0 Å². The van der Waals surface area contributed by atoms with Crippen LogP contribution < -0.4 is 0 Å². The standard InChI is InChI=1S/C17H25NO4/c1-18(13-9-4-3-8-12-16(19)21-2)17(20)22-14-15-10-6-5-7-11-15/h5-7,10-11H,3-4,8-9,12-14H2,1-2H3. The van der Waals surface area contributed by atoms with E-state index in [-0.39, 0.29) is 12.1 Å². The maximum atomic E-state index is 11.8. The summed E-state index contributed by atoms with van der Waals surface area (Å²) >= 11 is 0. The fourth-order valence-corrected chi connectivity index (χ4v) is 1.99. The van der Waals surface area contributed by atoms with Gasteiger partial charge in [-0.25, -0.2) is 4.79 Å². The van der Waals surface area contributed by atoms with E-state index in [1.54, 1.807) is 11.9 Å². The van der Waals surface area contributed by atoms with Crippen molar-refractivity contribution in [3.8, 4) is 0 Å². The zero-order chi connectivity index (χ0) is 16.2. The summed E-state index contributed by atoms with van der Waals surface area (Å²) in [6.45, 7) is 0.953. The Bertz CT molecular complexity index is 447. The summed E-state index contributed by atoms with van der Waals surface area (Å²) in [4.78, 5) is 24.3. The lowest BCUT2D eigenvalue weighted by Crippen LogP contribution is -2.28. The Morgan fingerprint density at radius 1 is 1.05 bits per heavy atom. The van der Waals surface area contributed by atoms with Gasteiger partial charge in [-0.3, -0.25) is 4.79 Å². The first kappa shape index (κ1) is 18.0. The number of rotatable bonds is 9. The van der Waals surface area contributed by atoms with Crippen molar-refractivity contribution in [2.45, 2.75) is 38.7 Å². The van der Waals surface area contributed by atoms with Crippen molar-refractivity contribution in [2.75, 3.05) is 20.7 Å². The normalized spacial score (nSPS) is 10.1. The molecule has 0 aromatic heterocycles. The lowest BCUT2D eigenvalue weighted by molar-refractivity contribution is -0.140. The molecule has 1 aromatic rings. The molecule has 0 radical (unpaired) electrons. The van der Waals surface area contributed by atoms with Gasteiger partial charge in [-0.2, -0.15) is 0 Å². The minimum atomic E-state index is -0.307. The van der Waals surface area contributed by atoms with E-state index in [4.69, 9.17) is 4.74 Å². The molecule has 122 valence electrons. The van der Waals surface area contributed by atoms with Crippen molar-refractivity contribution in [3.05, 3.63) is 35.9 Å². The van der Waals surface area contributed by atoms with Crippen LogP contribution in [-0.4, -0.2) is 37.7 Å². The fourth-order valence-electron chi connectivity index (χ4n) is 1.99. The van der Waals surface area contributed by atoms with Crippen molar-refractivity contribution < 1.29 is 19.1 Å². The van der Waals surface area contributed by atoms with E-state index >= 15 is 0 Å². The van der Waals surface area contributed by atoms with E-state index in [2.05, 4.69) is 4.74 Å². The monoisotopic (exact) mass is 307 g/mol. The number of hydrogen-bond donors (Lipinski definition) is 0. The molecule has 0 fully saturated rings. The average Bonchev–Trinajstić information content (AvgIpc) is 2.56. The van der Waals surface area contributed by atoms with E-state index in [1.807, 2.05) is 30.3 Å².